The van der Waals surface area contributed by atoms with E-state index >= 15 is 0 Å². The summed E-state index contributed by atoms with van der Waals surface area (Å²) in [5.74, 6) is 0. The van der Waals surface area contributed by atoms with E-state index in [1.165, 1.54) is 12.1 Å². The summed E-state index contributed by atoms with van der Waals surface area (Å²) < 4.78 is 26.9. The van der Waals surface area contributed by atoms with Gasteiger partial charge in [0.1, 0.15) is 4.90 Å². The van der Waals surface area contributed by atoms with E-state index in [0.29, 0.717) is 12.0 Å². The number of halogens is 1. The number of aliphatic hydroxyl groups is 1. The van der Waals surface area contributed by atoms with Crippen molar-refractivity contribution in [3.8, 4) is 0 Å². The van der Waals surface area contributed by atoms with Crippen LogP contribution in [0, 0.1) is 0 Å². The molecule has 0 aliphatic carbocycles. The molecular weight excluding hydrogens is 312 g/mol. The Morgan fingerprint density at radius 2 is 2.05 bits per heavy atom. The highest BCUT2D eigenvalue weighted by Gasteiger charge is 2.17. The third-order valence-corrected chi connectivity index (χ3v) is 4.84. The molecule has 0 saturated heterocycles. The Bertz CT molecular complexity index is 705. The number of pyridine rings is 1. The number of rotatable bonds is 6. The predicted molar refractivity (Wildman–Crippen MR) is 80.5 cm³/mol. The van der Waals surface area contributed by atoms with Crippen molar-refractivity contribution in [2.45, 2.75) is 17.9 Å². The quantitative estimate of drug-likeness (QED) is 0.847. The number of hydrogen-bond donors (Lipinski definition) is 2. The smallest absolute Gasteiger partial charge is 0.242 e. The number of hydrogen-bond acceptors (Lipinski definition) is 4. The second-order valence-corrected chi connectivity index (χ2v) is 6.57. The number of nitrogens with one attached hydrogen (secondary N) is 1. The Balaban J connectivity index is 2.08. The zero-order valence-electron chi connectivity index (χ0n) is 11.2. The van der Waals surface area contributed by atoms with E-state index in [2.05, 4.69) is 9.71 Å². The minimum atomic E-state index is -3.71. The molecule has 21 heavy (non-hydrogen) atoms. The van der Waals surface area contributed by atoms with Gasteiger partial charge in [-0.05, 0) is 35.7 Å². The topological polar surface area (TPSA) is 79.3 Å². The first-order valence-corrected chi connectivity index (χ1v) is 8.17. The summed E-state index contributed by atoms with van der Waals surface area (Å²) in [5.41, 5.74) is 1.43. The molecule has 1 heterocycles. The van der Waals surface area contributed by atoms with Crippen LogP contribution < -0.4 is 4.72 Å². The number of nitrogens with zero attached hydrogens (tertiary/aromatic N) is 1. The molecule has 0 amide bonds. The van der Waals surface area contributed by atoms with Crippen LogP contribution in [0.25, 0.3) is 0 Å². The van der Waals surface area contributed by atoms with Crippen LogP contribution in [0.4, 0.5) is 0 Å². The lowest BCUT2D eigenvalue weighted by Gasteiger charge is -2.09. The summed E-state index contributed by atoms with van der Waals surface area (Å²) in [5, 5.41) is 9.20. The molecule has 5 nitrogen and oxygen atoms in total. The van der Waals surface area contributed by atoms with Crippen LogP contribution in [0.2, 0.25) is 5.02 Å². The van der Waals surface area contributed by atoms with Gasteiger partial charge >= 0.3 is 0 Å². The van der Waals surface area contributed by atoms with E-state index in [1.54, 1.807) is 24.5 Å². The largest absolute Gasteiger partial charge is 0.392 e. The molecule has 0 fully saturated rings. The van der Waals surface area contributed by atoms with E-state index in [9.17, 15) is 8.42 Å². The zero-order valence-corrected chi connectivity index (χ0v) is 12.7. The summed E-state index contributed by atoms with van der Waals surface area (Å²) in [6, 6.07) is 8.08. The van der Waals surface area contributed by atoms with Crippen LogP contribution in [0.15, 0.2) is 47.6 Å². The van der Waals surface area contributed by atoms with Gasteiger partial charge in [0, 0.05) is 18.9 Å². The molecule has 0 aliphatic rings. The van der Waals surface area contributed by atoms with E-state index in [0.717, 1.165) is 5.56 Å². The summed E-state index contributed by atoms with van der Waals surface area (Å²) in [7, 11) is -3.71. The van der Waals surface area contributed by atoms with Gasteiger partial charge in [0.25, 0.3) is 0 Å². The third kappa shape index (κ3) is 4.25. The lowest BCUT2D eigenvalue weighted by Crippen LogP contribution is -2.26. The molecule has 2 rings (SSSR count). The van der Waals surface area contributed by atoms with E-state index in [1.807, 2.05) is 6.07 Å². The molecule has 2 aromatic rings. The maximum Gasteiger partial charge on any atom is 0.242 e. The highest BCUT2D eigenvalue weighted by Crippen LogP contribution is 2.22. The first kappa shape index (κ1) is 15.9. The third-order valence-electron chi connectivity index (χ3n) is 2.90. The van der Waals surface area contributed by atoms with Gasteiger partial charge in [0.15, 0.2) is 0 Å². The summed E-state index contributed by atoms with van der Waals surface area (Å²) in [4.78, 5) is 3.94. The lowest BCUT2D eigenvalue weighted by atomic mass is 10.2. The van der Waals surface area contributed by atoms with Crippen LogP contribution in [0.3, 0.4) is 0 Å². The summed E-state index contributed by atoms with van der Waals surface area (Å²) >= 11 is 5.92. The standard InChI is InChI=1S/C14H15ClN2O3S/c15-13-4-3-12(10-18)8-14(13)21(19,20)17-7-5-11-2-1-6-16-9-11/h1-4,6,8-9,17-18H,5,7,10H2. The average molecular weight is 327 g/mol. The lowest BCUT2D eigenvalue weighted by molar-refractivity contribution is 0.281. The molecule has 0 radical (unpaired) electrons. The second-order valence-electron chi connectivity index (χ2n) is 4.43. The second kappa shape index (κ2) is 7.00. The van der Waals surface area contributed by atoms with Gasteiger partial charge in [0.05, 0.1) is 11.6 Å². The minimum Gasteiger partial charge on any atom is -0.392 e. The number of aliphatic hydroxyl groups excluding tert-OH is 1. The predicted octanol–water partition coefficient (Wildman–Crippen LogP) is 1.75. The first-order chi connectivity index (χ1) is 10.0. The molecule has 0 spiro atoms. The summed E-state index contributed by atoms with van der Waals surface area (Å²) in [6.07, 6.45) is 3.88. The van der Waals surface area contributed by atoms with Crippen molar-refractivity contribution >= 4 is 21.6 Å². The zero-order chi connectivity index (χ0) is 15.3. The molecule has 0 saturated carbocycles. The Hall–Kier alpha value is -1.47. The molecule has 2 N–H and O–H groups in total. The normalized spacial score (nSPS) is 11.5. The fourth-order valence-electron chi connectivity index (χ4n) is 1.81. The van der Waals surface area contributed by atoms with Crippen LogP contribution in [-0.2, 0) is 23.1 Å². The van der Waals surface area contributed by atoms with Gasteiger partial charge < -0.3 is 5.11 Å². The van der Waals surface area contributed by atoms with Gasteiger partial charge in [-0.3, -0.25) is 4.98 Å². The molecular formula is C14H15ClN2O3S. The van der Waals surface area contributed by atoms with Crippen molar-refractivity contribution in [2.75, 3.05) is 6.54 Å². The van der Waals surface area contributed by atoms with Crippen molar-refractivity contribution < 1.29 is 13.5 Å². The molecule has 1 aromatic heterocycles. The van der Waals surface area contributed by atoms with E-state index in [4.69, 9.17) is 16.7 Å². The van der Waals surface area contributed by atoms with Crippen LogP contribution in [-0.4, -0.2) is 25.1 Å². The van der Waals surface area contributed by atoms with Gasteiger partial charge in [-0.15, -0.1) is 0 Å². The molecule has 0 atom stereocenters. The van der Waals surface area contributed by atoms with Crippen LogP contribution in [0.5, 0.6) is 0 Å². The maximum absolute atomic E-state index is 12.2. The van der Waals surface area contributed by atoms with Crippen molar-refractivity contribution in [2.24, 2.45) is 0 Å². The fraction of sp³-hybridized carbons (Fsp3) is 0.214. The monoisotopic (exact) mass is 326 g/mol. The van der Waals surface area contributed by atoms with Crippen molar-refractivity contribution in [1.82, 2.24) is 9.71 Å². The van der Waals surface area contributed by atoms with E-state index in [-0.39, 0.29) is 23.1 Å². The molecule has 0 unspecified atom stereocenters. The van der Waals surface area contributed by atoms with Crippen molar-refractivity contribution in [1.29, 1.82) is 0 Å². The number of benzene rings is 1. The molecule has 0 aliphatic heterocycles. The van der Waals surface area contributed by atoms with Gasteiger partial charge in [-0.25, -0.2) is 13.1 Å². The number of aromatic nitrogens is 1. The molecule has 1 aromatic carbocycles. The Morgan fingerprint density at radius 3 is 2.71 bits per heavy atom. The van der Waals surface area contributed by atoms with Gasteiger partial charge in [0.2, 0.25) is 10.0 Å². The van der Waals surface area contributed by atoms with Crippen LogP contribution in [0.1, 0.15) is 11.1 Å². The fourth-order valence-corrected chi connectivity index (χ4v) is 3.39. The van der Waals surface area contributed by atoms with Gasteiger partial charge in [-0.2, -0.15) is 0 Å². The van der Waals surface area contributed by atoms with Crippen molar-refractivity contribution in [3.63, 3.8) is 0 Å². The SMILES string of the molecule is O=S(=O)(NCCc1cccnc1)c1cc(CO)ccc1Cl. The van der Waals surface area contributed by atoms with Crippen LogP contribution >= 0.6 is 11.6 Å². The molecule has 112 valence electrons. The molecule has 7 heteroatoms. The number of sulfonamides is 1. The first-order valence-electron chi connectivity index (χ1n) is 6.31. The Labute approximate surface area is 128 Å². The highest BCUT2D eigenvalue weighted by atomic mass is 35.5. The van der Waals surface area contributed by atoms with Crippen molar-refractivity contribution in [3.05, 3.63) is 58.9 Å². The Kier molecular flexibility index (Phi) is 5.30. The molecule has 0 bridgehead atoms. The average Bonchev–Trinajstić information content (AvgIpc) is 2.48. The highest BCUT2D eigenvalue weighted by molar-refractivity contribution is 7.89. The minimum absolute atomic E-state index is 0.0260. The summed E-state index contributed by atoms with van der Waals surface area (Å²) in [6.45, 7) is 0.00306. The van der Waals surface area contributed by atoms with E-state index < -0.39 is 10.0 Å². The maximum atomic E-state index is 12.2. The van der Waals surface area contributed by atoms with Gasteiger partial charge in [-0.1, -0.05) is 23.7 Å². The Morgan fingerprint density at radius 1 is 1.24 bits per heavy atom.